The summed E-state index contributed by atoms with van der Waals surface area (Å²) in [6, 6.07) is 5.53. The Morgan fingerprint density at radius 3 is 1.97 bits per heavy atom. The molecule has 5 nitrogen and oxygen atoms in total. The predicted octanol–water partition coefficient (Wildman–Crippen LogP) is 4.94. The third kappa shape index (κ3) is 3.68. The maximum absolute atomic E-state index is 13.6. The molecular formula is C23H30FNO4. The third-order valence-corrected chi connectivity index (χ3v) is 5.66. The lowest BCUT2D eigenvalue weighted by atomic mass is 9.62. The molecule has 29 heavy (non-hydrogen) atoms. The molecule has 0 aromatic heterocycles. The predicted molar refractivity (Wildman–Crippen MR) is 110 cm³/mol. The van der Waals surface area contributed by atoms with Crippen molar-refractivity contribution in [3.63, 3.8) is 0 Å². The van der Waals surface area contributed by atoms with Gasteiger partial charge in [-0.2, -0.15) is 0 Å². The van der Waals surface area contributed by atoms with E-state index < -0.39 is 23.2 Å². The highest BCUT2D eigenvalue weighted by Crippen LogP contribution is 2.51. The van der Waals surface area contributed by atoms with Crippen molar-refractivity contribution in [2.45, 2.75) is 59.3 Å². The Morgan fingerprint density at radius 2 is 1.59 bits per heavy atom. The first kappa shape index (κ1) is 22.7. The van der Waals surface area contributed by atoms with Crippen LogP contribution in [0.5, 0.6) is 0 Å². The van der Waals surface area contributed by atoms with E-state index in [0.717, 1.165) is 6.42 Å². The highest BCUT2D eigenvalue weighted by molar-refractivity contribution is 6.00. The van der Waals surface area contributed by atoms with E-state index >= 15 is 0 Å². The second-order valence-electron chi connectivity index (χ2n) is 7.61. The zero-order chi connectivity index (χ0) is 21.9. The average molecular weight is 403 g/mol. The quantitative estimate of drug-likeness (QED) is 0.643. The topological polar surface area (TPSA) is 77.8 Å². The van der Waals surface area contributed by atoms with E-state index in [9.17, 15) is 24.2 Å². The van der Waals surface area contributed by atoms with Crippen LogP contribution in [0.25, 0.3) is 0 Å². The molecule has 1 heterocycles. The molecule has 1 aliphatic rings. The van der Waals surface area contributed by atoms with Crippen molar-refractivity contribution >= 4 is 11.9 Å². The number of carbonyl (C=O) groups is 2. The van der Waals surface area contributed by atoms with Crippen LogP contribution >= 0.6 is 0 Å². The van der Waals surface area contributed by atoms with Gasteiger partial charge in [0.25, 0.3) is 0 Å². The van der Waals surface area contributed by atoms with Gasteiger partial charge in [-0.05, 0) is 43.4 Å². The molecule has 158 valence electrons. The average Bonchev–Trinajstić information content (AvgIpc) is 2.66. The zero-order valence-electron chi connectivity index (χ0n) is 17.8. The fourth-order valence-corrected chi connectivity index (χ4v) is 4.64. The van der Waals surface area contributed by atoms with E-state index in [1.54, 1.807) is 6.92 Å². The van der Waals surface area contributed by atoms with Crippen LogP contribution in [0, 0.1) is 11.7 Å². The molecule has 1 aromatic rings. The standard InChI is InChI=1S/C23H30FNO4/c1-6-9-17-18(21(26)27)23(7-2,15-10-12-16(24)13-11-15)19(22(28)29)20(14(4)5)25(17)8-3/h10-14H,6-9H2,1-5H3,(H,26,27)(H,28,29). The van der Waals surface area contributed by atoms with E-state index in [4.69, 9.17) is 0 Å². The Kier molecular flexibility index (Phi) is 6.88. The first-order valence-corrected chi connectivity index (χ1v) is 10.2. The Hall–Kier alpha value is -2.63. The minimum absolute atomic E-state index is 0.0701. The molecule has 0 saturated heterocycles. The minimum Gasteiger partial charge on any atom is -0.478 e. The number of allylic oxidation sites excluding steroid dienone is 2. The number of benzene rings is 1. The molecule has 0 fully saturated rings. The van der Waals surface area contributed by atoms with Crippen molar-refractivity contribution in [3.05, 3.63) is 58.2 Å². The monoisotopic (exact) mass is 403 g/mol. The lowest BCUT2D eigenvalue weighted by Crippen LogP contribution is -2.47. The number of hydrogen-bond acceptors (Lipinski definition) is 3. The van der Waals surface area contributed by atoms with Gasteiger partial charge in [0.05, 0.1) is 16.6 Å². The van der Waals surface area contributed by atoms with E-state index in [0.29, 0.717) is 29.9 Å². The molecule has 0 bridgehead atoms. The van der Waals surface area contributed by atoms with Crippen LogP contribution in [0.15, 0.2) is 46.8 Å². The number of nitrogens with zero attached hydrogens (tertiary/aromatic N) is 1. The summed E-state index contributed by atoms with van der Waals surface area (Å²) in [6.07, 6.45) is 1.48. The van der Waals surface area contributed by atoms with Crippen LogP contribution < -0.4 is 0 Å². The lowest BCUT2D eigenvalue weighted by Gasteiger charge is -2.47. The molecule has 0 aliphatic carbocycles. The summed E-state index contributed by atoms with van der Waals surface area (Å²) in [5.74, 6) is -2.87. The second kappa shape index (κ2) is 8.80. The minimum atomic E-state index is -1.36. The van der Waals surface area contributed by atoms with Crippen LogP contribution in [-0.2, 0) is 15.0 Å². The molecule has 0 saturated carbocycles. The van der Waals surface area contributed by atoms with Crippen molar-refractivity contribution in [3.8, 4) is 0 Å². The summed E-state index contributed by atoms with van der Waals surface area (Å²) in [7, 11) is 0. The SMILES string of the molecule is CCCC1=C(C(=O)O)C(CC)(c2ccc(F)cc2)C(C(=O)O)=C(C(C)C)N1CC. The van der Waals surface area contributed by atoms with Gasteiger partial charge in [0.15, 0.2) is 0 Å². The molecule has 0 spiro atoms. The van der Waals surface area contributed by atoms with E-state index in [1.807, 2.05) is 32.6 Å². The number of halogens is 1. The van der Waals surface area contributed by atoms with Crippen molar-refractivity contribution in [2.24, 2.45) is 5.92 Å². The maximum Gasteiger partial charge on any atom is 0.334 e. The second-order valence-corrected chi connectivity index (χ2v) is 7.61. The van der Waals surface area contributed by atoms with Crippen molar-refractivity contribution in [2.75, 3.05) is 6.54 Å². The van der Waals surface area contributed by atoms with Gasteiger partial charge in [-0.15, -0.1) is 0 Å². The van der Waals surface area contributed by atoms with Crippen LogP contribution in [0.4, 0.5) is 4.39 Å². The molecule has 0 amide bonds. The van der Waals surface area contributed by atoms with Crippen LogP contribution in [0.1, 0.15) is 59.4 Å². The van der Waals surface area contributed by atoms with Crippen LogP contribution in [-0.4, -0.2) is 33.6 Å². The molecule has 2 rings (SSSR count). The fraction of sp³-hybridized carbons (Fsp3) is 0.478. The Balaban J connectivity index is 3.09. The van der Waals surface area contributed by atoms with Gasteiger partial charge in [0, 0.05) is 17.9 Å². The van der Waals surface area contributed by atoms with Gasteiger partial charge < -0.3 is 15.1 Å². The van der Waals surface area contributed by atoms with Gasteiger partial charge in [-0.25, -0.2) is 14.0 Å². The normalized spacial score (nSPS) is 19.9. The largest absolute Gasteiger partial charge is 0.478 e. The Labute approximate surface area is 171 Å². The van der Waals surface area contributed by atoms with Crippen molar-refractivity contribution in [1.82, 2.24) is 4.90 Å². The van der Waals surface area contributed by atoms with Crippen molar-refractivity contribution in [1.29, 1.82) is 0 Å². The first-order valence-electron chi connectivity index (χ1n) is 10.2. The highest BCUT2D eigenvalue weighted by atomic mass is 19.1. The number of hydrogen-bond donors (Lipinski definition) is 2. The highest BCUT2D eigenvalue weighted by Gasteiger charge is 2.52. The van der Waals surface area contributed by atoms with Crippen molar-refractivity contribution < 1.29 is 24.2 Å². The van der Waals surface area contributed by atoms with Gasteiger partial charge >= 0.3 is 11.9 Å². The molecule has 1 aromatic carbocycles. The summed E-state index contributed by atoms with van der Waals surface area (Å²) in [5.41, 5.74) is 0.541. The van der Waals surface area contributed by atoms with Gasteiger partial charge in [0.1, 0.15) is 5.82 Å². The number of rotatable bonds is 8. The number of carboxylic acid groups (broad SMARTS) is 2. The summed E-state index contributed by atoms with van der Waals surface area (Å²) in [4.78, 5) is 27.1. The Bertz CT molecular complexity index is 854. The molecule has 1 unspecified atom stereocenters. The summed E-state index contributed by atoms with van der Waals surface area (Å²) >= 11 is 0. The van der Waals surface area contributed by atoms with Crippen LogP contribution in [0.3, 0.4) is 0 Å². The fourth-order valence-electron chi connectivity index (χ4n) is 4.64. The van der Waals surface area contributed by atoms with Gasteiger partial charge in [-0.1, -0.05) is 46.2 Å². The number of carboxylic acids is 2. The van der Waals surface area contributed by atoms with Crippen LogP contribution in [0.2, 0.25) is 0 Å². The third-order valence-electron chi connectivity index (χ3n) is 5.66. The van der Waals surface area contributed by atoms with E-state index in [1.165, 1.54) is 24.3 Å². The lowest BCUT2D eigenvalue weighted by molar-refractivity contribution is -0.134. The maximum atomic E-state index is 13.6. The zero-order valence-corrected chi connectivity index (χ0v) is 17.8. The molecule has 6 heteroatoms. The number of aliphatic carboxylic acids is 2. The van der Waals surface area contributed by atoms with Gasteiger partial charge in [0.2, 0.25) is 0 Å². The molecule has 2 N–H and O–H groups in total. The van der Waals surface area contributed by atoms with E-state index in [2.05, 4.69) is 0 Å². The summed E-state index contributed by atoms with van der Waals surface area (Å²) < 4.78 is 13.6. The smallest absolute Gasteiger partial charge is 0.334 e. The molecular weight excluding hydrogens is 373 g/mol. The Morgan fingerprint density at radius 1 is 1.03 bits per heavy atom. The molecule has 0 radical (unpaired) electrons. The first-order chi connectivity index (χ1) is 13.7. The molecule has 1 atom stereocenters. The summed E-state index contributed by atoms with van der Waals surface area (Å²) in [6.45, 7) is 9.96. The van der Waals surface area contributed by atoms with Gasteiger partial charge in [-0.3, -0.25) is 0 Å². The summed E-state index contributed by atoms with van der Waals surface area (Å²) in [5, 5.41) is 20.6. The van der Waals surface area contributed by atoms with E-state index in [-0.39, 0.29) is 23.5 Å². The molecule has 1 aliphatic heterocycles.